The van der Waals surface area contributed by atoms with Crippen LogP contribution in [0.5, 0.6) is 0 Å². The summed E-state index contributed by atoms with van der Waals surface area (Å²) >= 11 is 0. The van der Waals surface area contributed by atoms with Crippen molar-refractivity contribution in [3.05, 3.63) is 11.7 Å². The van der Waals surface area contributed by atoms with Gasteiger partial charge in [0.15, 0.2) is 11.8 Å². The topological polar surface area (TPSA) is 78.6 Å². The second-order valence-corrected chi connectivity index (χ2v) is 7.68. The Hall–Kier alpha value is -1.63. The Morgan fingerprint density at radius 3 is 2.46 bits per heavy atom. The number of hydrogen-bond acceptors (Lipinski definition) is 5. The number of hydrogen-bond donors (Lipinski definition) is 2. The minimum absolute atomic E-state index is 0.142. The van der Waals surface area contributed by atoms with Crippen LogP contribution < -0.4 is 10.6 Å². The molecule has 0 aromatic carbocycles. The lowest BCUT2D eigenvalue weighted by Crippen LogP contribution is -2.42. The summed E-state index contributed by atoms with van der Waals surface area (Å²) < 4.78 is 5.32. The van der Waals surface area contributed by atoms with E-state index in [1.807, 2.05) is 0 Å². The Morgan fingerprint density at radius 2 is 1.92 bits per heavy atom. The second-order valence-electron chi connectivity index (χ2n) is 7.68. The SMILES string of the molecule is CCNC(=NCc1noc(C(C)(C)C)n1)NC(C)CCCN(CC)CC. The molecule has 1 aromatic heterocycles. The van der Waals surface area contributed by atoms with Crippen molar-refractivity contribution in [1.29, 1.82) is 0 Å². The second kappa shape index (κ2) is 11.2. The van der Waals surface area contributed by atoms with Crippen LogP contribution in [0, 0.1) is 0 Å². The quantitative estimate of drug-likeness (QED) is 0.490. The molecule has 7 heteroatoms. The molecule has 1 atom stereocenters. The summed E-state index contributed by atoms with van der Waals surface area (Å²) in [5, 5.41) is 10.8. The first-order valence-electron chi connectivity index (χ1n) is 9.90. The van der Waals surface area contributed by atoms with Crippen LogP contribution in [-0.4, -0.2) is 53.2 Å². The van der Waals surface area contributed by atoms with Gasteiger partial charge in [-0.2, -0.15) is 4.98 Å². The molecule has 0 spiro atoms. The summed E-state index contributed by atoms with van der Waals surface area (Å²) in [6.45, 7) is 19.4. The van der Waals surface area contributed by atoms with E-state index in [-0.39, 0.29) is 5.41 Å². The lowest BCUT2D eigenvalue weighted by Gasteiger charge is -2.21. The molecule has 0 radical (unpaired) electrons. The van der Waals surface area contributed by atoms with Crippen molar-refractivity contribution < 1.29 is 4.52 Å². The molecule has 1 rings (SSSR count). The third-order valence-corrected chi connectivity index (χ3v) is 4.22. The predicted molar refractivity (Wildman–Crippen MR) is 107 cm³/mol. The Kier molecular flexibility index (Phi) is 9.62. The minimum atomic E-state index is -0.142. The van der Waals surface area contributed by atoms with Crippen molar-refractivity contribution in [3.63, 3.8) is 0 Å². The van der Waals surface area contributed by atoms with Crippen LogP contribution in [0.1, 0.15) is 73.0 Å². The molecule has 1 unspecified atom stereocenters. The fraction of sp³-hybridized carbons (Fsp3) is 0.842. The predicted octanol–water partition coefficient (Wildman–Crippen LogP) is 2.93. The van der Waals surface area contributed by atoms with Crippen LogP contribution in [0.3, 0.4) is 0 Å². The van der Waals surface area contributed by atoms with Crippen molar-refractivity contribution in [2.75, 3.05) is 26.2 Å². The van der Waals surface area contributed by atoms with E-state index >= 15 is 0 Å². The maximum Gasteiger partial charge on any atom is 0.232 e. The summed E-state index contributed by atoms with van der Waals surface area (Å²) in [6, 6.07) is 0.360. The third-order valence-electron chi connectivity index (χ3n) is 4.22. The van der Waals surface area contributed by atoms with Gasteiger partial charge in [0.2, 0.25) is 5.89 Å². The molecular weight excluding hydrogens is 328 g/mol. The first-order valence-corrected chi connectivity index (χ1v) is 9.90. The number of guanidine groups is 1. The van der Waals surface area contributed by atoms with Gasteiger partial charge in [0.1, 0.15) is 6.54 Å². The number of nitrogens with zero attached hydrogens (tertiary/aromatic N) is 4. The van der Waals surface area contributed by atoms with Gasteiger partial charge < -0.3 is 20.1 Å². The fourth-order valence-electron chi connectivity index (χ4n) is 2.56. The molecule has 0 fully saturated rings. The van der Waals surface area contributed by atoms with E-state index < -0.39 is 0 Å². The van der Waals surface area contributed by atoms with Gasteiger partial charge in [-0.05, 0) is 46.3 Å². The lowest BCUT2D eigenvalue weighted by molar-refractivity contribution is 0.292. The smallest absolute Gasteiger partial charge is 0.232 e. The Bertz CT molecular complexity index is 530. The van der Waals surface area contributed by atoms with E-state index in [2.05, 4.69) is 79.1 Å². The van der Waals surface area contributed by atoms with Gasteiger partial charge in [-0.3, -0.25) is 0 Å². The first kappa shape index (κ1) is 22.4. The number of rotatable bonds is 10. The van der Waals surface area contributed by atoms with Gasteiger partial charge in [0.25, 0.3) is 0 Å². The molecule has 0 saturated carbocycles. The van der Waals surface area contributed by atoms with E-state index in [1.165, 1.54) is 6.42 Å². The molecule has 1 aromatic rings. The van der Waals surface area contributed by atoms with Crippen molar-refractivity contribution in [1.82, 2.24) is 25.7 Å². The molecule has 0 aliphatic carbocycles. The standard InChI is InChI=1S/C19H38N6O/c1-8-20-18(22-15(4)12-11-13-25(9-2)10-3)21-14-16-23-17(26-24-16)19(5,6)7/h15H,8-14H2,1-7H3,(H2,20,21,22). The van der Waals surface area contributed by atoms with Crippen molar-refractivity contribution in [2.45, 2.75) is 79.3 Å². The monoisotopic (exact) mass is 366 g/mol. The van der Waals surface area contributed by atoms with Gasteiger partial charge in [0, 0.05) is 18.0 Å². The van der Waals surface area contributed by atoms with Crippen LogP contribution in [0.25, 0.3) is 0 Å². The molecule has 1 heterocycles. The molecule has 0 bridgehead atoms. The van der Waals surface area contributed by atoms with Crippen molar-refractivity contribution in [3.8, 4) is 0 Å². The van der Waals surface area contributed by atoms with Crippen LogP contribution >= 0.6 is 0 Å². The zero-order valence-electron chi connectivity index (χ0n) is 17.7. The summed E-state index contributed by atoms with van der Waals surface area (Å²) in [7, 11) is 0. The van der Waals surface area contributed by atoms with E-state index in [9.17, 15) is 0 Å². The summed E-state index contributed by atoms with van der Waals surface area (Å²) in [4.78, 5) is 11.5. The zero-order valence-corrected chi connectivity index (χ0v) is 17.7. The molecule has 0 aliphatic heterocycles. The molecule has 0 saturated heterocycles. The maximum absolute atomic E-state index is 5.32. The van der Waals surface area contributed by atoms with Crippen LogP contribution in [0.2, 0.25) is 0 Å². The largest absolute Gasteiger partial charge is 0.357 e. The molecular formula is C19H38N6O. The number of nitrogens with one attached hydrogen (secondary N) is 2. The number of aromatic nitrogens is 2. The Balaban J connectivity index is 2.53. The van der Waals surface area contributed by atoms with E-state index in [1.54, 1.807) is 0 Å². The van der Waals surface area contributed by atoms with Gasteiger partial charge in [-0.1, -0.05) is 39.8 Å². The van der Waals surface area contributed by atoms with Crippen LogP contribution in [0.4, 0.5) is 0 Å². The average Bonchev–Trinajstić information content (AvgIpc) is 3.06. The summed E-state index contributed by atoms with van der Waals surface area (Å²) in [5.74, 6) is 2.05. The first-order chi connectivity index (χ1) is 12.3. The van der Waals surface area contributed by atoms with Crippen LogP contribution in [-0.2, 0) is 12.0 Å². The summed E-state index contributed by atoms with van der Waals surface area (Å²) in [5.41, 5.74) is -0.142. The minimum Gasteiger partial charge on any atom is -0.357 e. The van der Waals surface area contributed by atoms with E-state index in [4.69, 9.17) is 4.52 Å². The van der Waals surface area contributed by atoms with Gasteiger partial charge in [0.05, 0.1) is 0 Å². The molecule has 0 amide bonds. The van der Waals surface area contributed by atoms with E-state index in [0.717, 1.165) is 38.6 Å². The van der Waals surface area contributed by atoms with Gasteiger partial charge in [-0.15, -0.1) is 0 Å². The Labute approximate surface area is 159 Å². The maximum atomic E-state index is 5.32. The zero-order chi connectivity index (χ0) is 19.6. The normalized spacial score (nSPS) is 13.9. The molecule has 26 heavy (non-hydrogen) atoms. The van der Waals surface area contributed by atoms with Crippen molar-refractivity contribution >= 4 is 5.96 Å². The summed E-state index contributed by atoms with van der Waals surface area (Å²) in [6.07, 6.45) is 2.28. The highest BCUT2D eigenvalue weighted by Crippen LogP contribution is 2.19. The third kappa shape index (κ3) is 8.17. The Morgan fingerprint density at radius 1 is 1.23 bits per heavy atom. The highest BCUT2D eigenvalue weighted by atomic mass is 16.5. The van der Waals surface area contributed by atoms with E-state index in [0.29, 0.717) is 24.3 Å². The number of aliphatic imine (C=N–C) groups is 1. The lowest BCUT2D eigenvalue weighted by atomic mass is 9.97. The average molecular weight is 367 g/mol. The molecule has 150 valence electrons. The van der Waals surface area contributed by atoms with Crippen molar-refractivity contribution in [2.24, 2.45) is 4.99 Å². The van der Waals surface area contributed by atoms with Crippen LogP contribution in [0.15, 0.2) is 9.52 Å². The highest BCUT2D eigenvalue weighted by molar-refractivity contribution is 5.79. The molecule has 7 nitrogen and oxygen atoms in total. The molecule has 0 aliphatic rings. The van der Waals surface area contributed by atoms with Gasteiger partial charge in [-0.25, -0.2) is 4.99 Å². The van der Waals surface area contributed by atoms with Gasteiger partial charge >= 0.3 is 0 Å². The fourth-order valence-corrected chi connectivity index (χ4v) is 2.56. The highest BCUT2D eigenvalue weighted by Gasteiger charge is 2.21. The molecule has 2 N–H and O–H groups in total.